The lowest BCUT2D eigenvalue weighted by molar-refractivity contribution is -0.385. The Kier molecular flexibility index (Phi) is 6.87. The number of aromatic nitrogens is 2. The molecule has 1 N–H and O–H groups in total. The number of benzene rings is 2. The Hall–Kier alpha value is -3.31. The number of nitrogens with one attached hydrogen (secondary N) is 1. The number of amides is 1. The third-order valence-electron chi connectivity index (χ3n) is 3.56. The van der Waals surface area contributed by atoms with Gasteiger partial charge in [-0.3, -0.25) is 14.9 Å². The van der Waals surface area contributed by atoms with Crippen LogP contribution < -0.4 is 10.2 Å². The average molecular weight is 429 g/mol. The molecule has 0 aliphatic rings. The summed E-state index contributed by atoms with van der Waals surface area (Å²) in [6.45, 7) is 0. The predicted octanol–water partition coefficient (Wildman–Crippen LogP) is 3.36. The van der Waals surface area contributed by atoms with Crippen LogP contribution in [-0.4, -0.2) is 40.1 Å². The van der Waals surface area contributed by atoms with E-state index in [0.29, 0.717) is 9.90 Å². The summed E-state index contributed by atoms with van der Waals surface area (Å²) in [6.07, 6.45) is 1.33. The van der Waals surface area contributed by atoms with Crippen molar-refractivity contribution >= 4 is 40.9 Å². The maximum absolute atomic E-state index is 11.9. The Balaban J connectivity index is 1.52. The summed E-state index contributed by atoms with van der Waals surface area (Å²) >= 11 is 2.66. The molecule has 0 unspecified atom stereocenters. The highest BCUT2D eigenvalue weighted by Crippen LogP contribution is 2.29. The summed E-state index contributed by atoms with van der Waals surface area (Å²) in [6, 6.07) is 14.0. The van der Waals surface area contributed by atoms with Gasteiger partial charge in [0, 0.05) is 17.2 Å². The fraction of sp³-hybridized carbons (Fsp3) is 0.111. The number of nitrogens with zero attached hydrogens (tertiary/aromatic N) is 4. The minimum atomic E-state index is -0.544. The SMILES string of the molecule is COc1ccc(C=NNC(=O)CSc2nnc(-c3ccccc3)s2)cc1[N+](=O)[O-]. The van der Waals surface area contributed by atoms with E-state index in [0.717, 1.165) is 10.6 Å². The molecule has 0 aliphatic heterocycles. The molecule has 0 aliphatic carbocycles. The number of nitro benzene ring substituents is 1. The van der Waals surface area contributed by atoms with Crippen LogP contribution in [0.2, 0.25) is 0 Å². The van der Waals surface area contributed by atoms with Crippen LogP contribution in [0.25, 0.3) is 10.6 Å². The van der Waals surface area contributed by atoms with Gasteiger partial charge in [-0.1, -0.05) is 53.4 Å². The van der Waals surface area contributed by atoms with E-state index in [-0.39, 0.29) is 23.1 Å². The van der Waals surface area contributed by atoms with Crippen molar-refractivity contribution in [2.24, 2.45) is 5.10 Å². The number of carbonyl (C=O) groups is 1. The Morgan fingerprint density at radius 1 is 1.31 bits per heavy atom. The first kappa shape index (κ1) is 20.4. The zero-order valence-corrected chi connectivity index (χ0v) is 16.8. The zero-order valence-electron chi connectivity index (χ0n) is 15.1. The van der Waals surface area contributed by atoms with E-state index in [1.54, 1.807) is 6.07 Å². The van der Waals surface area contributed by atoms with E-state index in [4.69, 9.17) is 4.74 Å². The minimum Gasteiger partial charge on any atom is -0.490 e. The molecule has 1 aromatic heterocycles. The molecule has 3 rings (SSSR count). The van der Waals surface area contributed by atoms with E-state index in [2.05, 4.69) is 20.7 Å². The molecule has 0 spiro atoms. The van der Waals surface area contributed by atoms with Gasteiger partial charge in [-0.15, -0.1) is 10.2 Å². The number of rotatable bonds is 8. The van der Waals surface area contributed by atoms with Crippen LogP contribution in [0.15, 0.2) is 58.0 Å². The molecule has 29 heavy (non-hydrogen) atoms. The Morgan fingerprint density at radius 3 is 2.83 bits per heavy atom. The first-order chi connectivity index (χ1) is 14.1. The number of hydrazone groups is 1. The molecular weight excluding hydrogens is 414 g/mol. The van der Waals surface area contributed by atoms with Gasteiger partial charge in [-0.2, -0.15) is 5.10 Å². The summed E-state index contributed by atoms with van der Waals surface area (Å²) in [5.74, 6) is -0.0611. The number of hydrogen-bond donors (Lipinski definition) is 1. The molecule has 0 bridgehead atoms. The molecule has 0 atom stereocenters. The summed E-state index contributed by atoms with van der Waals surface area (Å²) in [5, 5.41) is 23.8. The van der Waals surface area contributed by atoms with Crippen molar-refractivity contribution in [1.82, 2.24) is 15.6 Å². The van der Waals surface area contributed by atoms with Gasteiger partial charge in [0.25, 0.3) is 5.91 Å². The molecule has 148 valence electrons. The number of hydrogen-bond acceptors (Lipinski definition) is 9. The number of thioether (sulfide) groups is 1. The van der Waals surface area contributed by atoms with Gasteiger partial charge in [0.15, 0.2) is 10.1 Å². The maximum Gasteiger partial charge on any atom is 0.311 e. The van der Waals surface area contributed by atoms with Crippen LogP contribution in [0.3, 0.4) is 0 Å². The summed E-state index contributed by atoms with van der Waals surface area (Å²) in [4.78, 5) is 22.4. The van der Waals surface area contributed by atoms with Crippen molar-refractivity contribution in [3.63, 3.8) is 0 Å². The van der Waals surface area contributed by atoms with Crippen LogP contribution in [0.4, 0.5) is 5.69 Å². The zero-order chi connectivity index (χ0) is 20.6. The van der Waals surface area contributed by atoms with Gasteiger partial charge in [0.1, 0.15) is 5.01 Å². The third-order valence-corrected chi connectivity index (χ3v) is 5.66. The minimum absolute atomic E-state index is 0.115. The van der Waals surface area contributed by atoms with E-state index >= 15 is 0 Å². The van der Waals surface area contributed by atoms with Crippen molar-refractivity contribution < 1.29 is 14.5 Å². The van der Waals surface area contributed by atoms with Crippen molar-refractivity contribution in [3.05, 3.63) is 64.2 Å². The van der Waals surface area contributed by atoms with Crippen LogP contribution in [-0.2, 0) is 4.79 Å². The molecule has 0 fully saturated rings. The molecule has 11 heteroatoms. The van der Waals surface area contributed by atoms with E-state index < -0.39 is 4.92 Å². The first-order valence-corrected chi connectivity index (χ1v) is 10.0. The summed E-state index contributed by atoms with van der Waals surface area (Å²) in [7, 11) is 1.36. The highest BCUT2D eigenvalue weighted by Gasteiger charge is 2.14. The van der Waals surface area contributed by atoms with Gasteiger partial charge in [-0.25, -0.2) is 5.43 Å². The lowest BCUT2D eigenvalue weighted by atomic mass is 10.2. The quantitative estimate of drug-likeness (QED) is 0.252. The molecule has 2 aromatic carbocycles. The van der Waals surface area contributed by atoms with E-state index in [9.17, 15) is 14.9 Å². The average Bonchev–Trinajstić information content (AvgIpc) is 3.22. The largest absolute Gasteiger partial charge is 0.490 e. The summed E-state index contributed by atoms with van der Waals surface area (Å²) in [5.41, 5.74) is 3.64. The molecule has 3 aromatic rings. The van der Waals surface area contributed by atoms with Crippen molar-refractivity contribution in [3.8, 4) is 16.3 Å². The Bertz CT molecular complexity index is 1040. The number of methoxy groups -OCH3 is 1. The summed E-state index contributed by atoms with van der Waals surface area (Å²) < 4.78 is 5.61. The molecule has 1 amide bonds. The molecule has 0 radical (unpaired) electrons. The first-order valence-electron chi connectivity index (χ1n) is 8.23. The second kappa shape index (κ2) is 9.75. The maximum atomic E-state index is 11.9. The standard InChI is InChI=1S/C18H15N5O4S2/c1-27-15-8-7-12(9-14(15)23(25)26)10-19-20-16(24)11-28-18-22-21-17(29-18)13-5-3-2-4-6-13/h2-10H,11H2,1H3,(H,20,24). The predicted molar refractivity (Wildman–Crippen MR) is 111 cm³/mol. The van der Waals surface area contributed by atoms with Gasteiger partial charge in [0.05, 0.1) is 24.0 Å². The Morgan fingerprint density at radius 2 is 2.10 bits per heavy atom. The number of carbonyl (C=O) groups excluding carboxylic acids is 1. The second-order valence-electron chi connectivity index (χ2n) is 5.51. The fourth-order valence-electron chi connectivity index (χ4n) is 2.23. The van der Waals surface area contributed by atoms with Gasteiger partial charge in [0.2, 0.25) is 0 Å². The highest BCUT2D eigenvalue weighted by molar-refractivity contribution is 8.01. The molecule has 0 saturated carbocycles. The fourth-order valence-corrected chi connectivity index (χ4v) is 3.88. The van der Waals surface area contributed by atoms with Crippen molar-refractivity contribution in [2.45, 2.75) is 4.34 Å². The Labute approximate surface area is 174 Å². The molecule has 0 saturated heterocycles. The van der Waals surface area contributed by atoms with Gasteiger partial charge < -0.3 is 4.74 Å². The number of ether oxygens (including phenoxy) is 1. The smallest absolute Gasteiger partial charge is 0.311 e. The van der Waals surface area contributed by atoms with Crippen LogP contribution in [0, 0.1) is 10.1 Å². The van der Waals surface area contributed by atoms with Gasteiger partial charge >= 0.3 is 5.69 Å². The lowest BCUT2D eigenvalue weighted by Crippen LogP contribution is -2.19. The highest BCUT2D eigenvalue weighted by atomic mass is 32.2. The molecular formula is C18H15N5O4S2. The van der Waals surface area contributed by atoms with Crippen LogP contribution in [0.5, 0.6) is 5.75 Å². The topological polar surface area (TPSA) is 120 Å². The van der Waals surface area contributed by atoms with Gasteiger partial charge in [-0.05, 0) is 12.1 Å². The van der Waals surface area contributed by atoms with Crippen molar-refractivity contribution in [2.75, 3.05) is 12.9 Å². The van der Waals surface area contributed by atoms with E-state index in [1.807, 2.05) is 30.3 Å². The van der Waals surface area contributed by atoms with Crippen LogP contribution >= 0.6 is 23.1 Å². The third kappa shape index (κ3) is 5.59. The molecule has 1 heterocycles. The van der Waals surface area contributed by atoms with Crippen molar-refractivity contribution in [1.29, 1.82) is 0 Å². The second-order valence-corrected chi connectivity index (χ2v) is 7.71. The molecule has 9 nitrogen and oxygen atoms in total. The number of nitro groups is 1. The normalized spacial score (nSPS) is 10.8. The van der Waals surface area contributed by atoms with Crippen LogP contribution in [0.1, 0.15) is 5.56 Å². The monoisotopic (exact) mass is 429 g/mol. The van der Waals surface area contributed by atoms with E-state index in [1.165, 1.54) is 48.6 Å². The lowest BCUT2D eigenvalue weighted by Gasteiger charge is -2.02.